The van der Waals surface area contributed by atoms with Crippen LogP contribution in [0.1, 0.15) is 88.8 Å². The van der Waals surface area contributed by atoms with Crippen LogP contribution in [-0.2, 0) is 9.53 Å². The first kappa shape index (κ1) is 27.2. The molecule has 7 heteroatoms. The molecule has 0 aliphatic carbocycles. The molecule has 1 atom stereocenters. The summed E-state index contributed by atoms with van der Waals surface area (Å²) < 4.78 is 5.32. The van der Waals surface area contributed by atoms with E-state index in [1.54, 1.807) is 30.3 Å². The van der Waals surface area contributed by atoms with E-state index in [4.69, 9.17) is 32.9 Å². The van der Waals surface area contributed by atoms with Crippen LogP contribution in [0.15, 0.2) is 47.5 Å². The van der Waals surface area contributed by atoms with E-state index < -0.39 is 5.66 Å². The highest BCUT2D eigenvalue weighted by Crippen LogP contribution is 2.40. The second kappa shape index (κ2) is 10.3. The van der Waals surface area contributed by atoms with Gasteiger partial charge in [-0.05, 0) is 81.8 Å². The maximum atomic E-state index is 13.8. The number of rotatable bonds is 7. The van der Waals surface area contributed by atoms with Gasteiger partial charge >= 0.3 is 5.97 Å². The van der Waals surface area contributed by atoms with Gasteiger partial charge in [0.15, 0.2) is 0 Å². The minimum atomic E-state index is -0.779. The lowest BCUT2D eigenvalue weighted by atomic mass is 9.86. The lowest BCUT2D eigenvalue weighted by molar-refractivity contribution is -0.130. The number of benzene rings is 2. The third-order valence-electron chi connectivity index (χ3n) is 5.89. The van der Waals surface area contributed by atoms with E-state index in [1.807, 2.05) is 44.7 Å². The summed E-state index contributed by atoms with van der Waals surface area (Å²) in [4.78, 5) is 32.8. The van der Waals surface area contributed by atoms with Crippen molar-refractivity contribution in [1.29, 1.82) is 0 Å². The Bertz CT molecular complexity index is 1110. The van der Waals surface area contributed by atoms with Crippen molar-refractivity contribution in [2.24, 2.45) is 10.4 Å². The summed E-state index contributed by atoms with van der Waals surface area (Å²) in [6.07, 6.45) is 1.45. The van der Waals surface area contributed by atoms with E-state index in [1.165, 1.54) is 0 Å². The zero-order chi connectivity index (χ0) is 26.1. The molecule has 0 N–H and O–H groups in total. The summed E-state index contributed by atoms with van der Waals surface area (Å²) in [6, 6.07) is 12.2. The first-order valence-corrected chi connectivity index (χ1v) is 12.6. The number of carbonyl (C=O) groups is 2. The Hall–Kier alpha value is -2.37. The molecular formula is C28H34Cl2N2O3. The van der Waals surface area contributed by atoms with Gasteiger partial charge in [-0.2, -0.15) is 0 Å². The average molecular weight is 517 g/mol. The molecule has 35 heavy (non-hydrogen) atoms. The molecule has 0 unspecified atom stereocenters. The van der Waals surface area contributed by atoms with Gasteiger partial charge in [-0.1, -0.05) is 56.1 Å². The van der Waals surface area contributed by atoms with Crippen LogP contribution in [0.4, 0.5) is 0 Å². The molecule has 0 saturated heterocycles. The fraction of sp³-hybridized carbons (Fsp3) is 0.464. The number of carbonyl (C=O) groups excluding carboxylic acids is 2. The monoisotopic (exact) mass is 516 g/mol. The number of nitrogens with zero attached hydrogens (tertiary/aromatic N) is 2. The van der Waals surface area contributed by atoms with Crippen LogP contribution in [0.2, 0.25) is 10.0 Å². The molecule has 0 fully saturated rings. The minimum absolute atomic E-state index is 0.0797. The number of ether oxygens (including phenoxy) is 1. The predicted molar refractivity (Wildman–Crippen MR) is 142 cm³/mol. The highest BCUT2D eigenvalue weighted by Gasteiger charge is 2.45. The van der Waals surface area contributed by atoms with Crippen LogP contribution in [0.5, 0.6) is 0 Å². The Balaban J connectivity index is 1.99. The number of hydrogen-bond donors (Lipinski definition) is 0. The van der Waals surface area contributed by atoms with Crippen molar-refractivity contribution in [3.05, 3.63) is 69.2 Å². The smallest absolute Gasteiger partial charge is 0.338 e. The molecule has 0 spiro atoms. The molecule has 1 aliphatic heterocycles. The lowest BCUT2D eigenvalue weighted by Gasteiger charge is -2.38. The van der Waals surface area contributed by atoms with Crippen molar-refractivity contribution in [3.63, 3.8) is 0 Å². The molecule has 2 aromatic rings. The largest absolute Gasteiger partial charge is 0.459 e. The molecule has 0 bridgehead atoms. The number of amides is 1. The number of aliphatic imine (C=N–C) groups is 1. The summed E-state index contributed by atoms with van der Waals surface area (Å²) in [5.41, 5.74) is 1.67. The third kappa shape index (κ3) is 6.65. The Morgan fingerprint density at radius 1 is 1.06 bits per heavy atom. The Morgan fingerprint density at radius 3 is 2.14 bits per heavy atom. The van der Waals surface area contributed by atoms with Gasteiger partial charge in [0.25, 0.3) is 5.91 Å². The zero-order valence-corrected chi connectivity index (χ0v) is 23.0. The predicted octanol–water partition coefficient (Wildman–Crippen LogP) is 7.49. The van der Waals surface area contributed by atoms with E-state index in [0.29, 0.717) is 26.9 Å². The summed E-state index contributed by atoms with van der Waals surface area (Å²) in [7, 11) is 0. The van der Waals surface area contributed by atoms with Crippen LogP contribution in [0.25, 0.3) is 0 Å². The first-order chi connectivity index (χ1) is 16.2. The van der Waals surface area contributed by atoms with Gasteiger partial charge in [0.2, 0.25) is 0 Å². The highest BCUT2D eigenvalue weighted by molar-refractivity contribution is 6.47. The molecule has 5 nitrogen and oxygen atoms in total. The van der Waals surface area contributed by atoms with Gasteiger partial charge < -0.3 is 9.64 Å². The lowest BCUT2D eigenvalue weighted by Crippen LogP contribution is -2.45. The van der Waals surface area contributed by atoms with Crippen molar-refractivity contribution in [1.82, 2.24) is 4.90 Å². The molecule has 0 saturated carbocycles. The van der Waals surface area contributed by atoms with Crippen molar-refractivity contribution in [2.45, 2.75) is 79.1 Å². The van der Waals surface area contributed by atoms with Crippen LogP contribution in [0.3, 0.4) is 0 Å². The topological polar surface area (TPSA) is 59.0 Å². The second-order valence-corrected chi connectivity index (χ2v) is 11.9. The number of halogens is 2. The summed E-state index contributed by atoms with van der Waals surface area (Å²) in [5, 5.41) is 0.903. The average Bonchev–Trinajstić information content (AvgIpc) is 2.96. The number of esters is 1. The van der Waals surface area contributed by atoms with Crippen molar-refractivity contribution in [3.8, 4) is 0 Å². The van der Waals surface area contributed by atoms with Crippen LogP contribution in [-0.4, -0.2) is 34.3 Å². The van der Waals surface area contributed by atoms with Crippen molar-refractivity contribution in [2.75, 3.05) is 0 Å². The van der Waals surface area contributed by atoms with E-state index in [2.05, 4.69) is 20.8 Å². The van der Waals surface area contributed by atoms with Crippen LogP contribution >= 0.6 is 23.2 Å². The van der Waals surface area contributed by atoms with E-state index in [9.17, 15) is 9.59 Å². The standard InChI is InChI=1S/C28H34Cl2N2O3/c1-17(2)35-26(34)19-10-8-18(9-11-19)23(12-13-27(3,4)5)32-25(33)24(31-28(32,6)7)20-14-21(29)16-22(30)15-20/h8-11,14-17,23H,12-13H2,1-7H3/t23-/m1/s1. The highest BCUT2D eigenvalue weighted by atomic mass is 35.5. The summed E-state index contributed by atoms with van der Waals surface area (Å²) in [6.45, 7) is 14.1. The SMILES string of the molecule is CC(C)OC(=O)c1ccc([C@@H](CCC(C)(C)C)N2C(=O)C(c3cc(Cl)cc(Cl)c3)=NC2(C)C)cc1. The quantitative estimate of drug-likeness (QED) is 0.358. The Labute approximate surface area is 218 Å². The minimum Gasteiger partial charge on any atom is -0.459 e. The molecule has 0 radical (unpaired) electrons. The molecular weight excluding hydrogens is 483 g/mol. The zero-order valence-electron chi connectivity index (χ0n) is 21.5. The van der Waals surface area contributed by atoms with Crippen molar-refractivity contribution >= 4 is 40.8 Å². The molecule has 188 valence electrons. The van der Waals surface area contributed by atoms with E-state index in [0.717, 1.165) is 18.4 Å². The van der Waals surface area contributed by atoms with Gasteiger partial charge in [-0.3, -0.25) is 9.79 Å². The Morgan fingerprint density at radius 2 is 1.63 bits per heavy atom. The van der Waals surface area contributed by atoms with Gasteiger partial charge in [-0.25, -0.2) is 4.79 Å². The third-order valence-corrected chi connectivity index (χ3v) is 6.32. The second-order valence-electron chi connectivity index (χ2n) is 11.0. The van der Waals surface area contributed by atoms with E-state index >= 15 is 0 Å². The molecule has 1 aliphatic rings. The maximum Gasteiger partial charge on any atom is 0.338 e. The molecule has 0 aromatic heterocycles. The fourth-order valence-corrected chi connectivity index (χ4v) is 4.80. The van der Waals surface area contributed by atoms with Crippen molar-refractivity contribution < 1.29 is 14.3 Å². The van der Waals surface area contributed by atoms with Crippen LogP contribution in [0, 0.1) is 5.41 Å². The van der Waals surface area contributed by atoms with Gasteiger partial charge in [0, 0.05) is 15.6 Å². The van der Waals surface area contributed by atoms with Gasteiger partial charge in [0.1, 0.15) is 11.4 Å². The number of hydrogen-bond acceptors (Lipinski definition) is 4. The Kier molecular flexibility index (Phi) is 8.02. The van der Waals surface area contributed by atoms with E-state index in [-0.39, 0.29) is 29.4 Å². The first-order valence-electron chi connectivity index (χ1n) is 11.9. The summed E-state index contributed by atoms with van der Waals surface area (Å²) in [5.74, 6) is -0.533. The molecule has 3 rings (SSSR count). The molecule has 2 aromatic carbocycles. The maximum absolute atomic E-state index is 13.8. The van der Waals surface area contributed by atoms with Gasteiger partial charge in [-0.15, -0.1) is 0 Å². The molecule has 1 heterocycles. The van der Waals surface area contributed by atoms with Crippen LogP contribution < -0.4 is 0 Å². The molecule has 1 amide bonds. The normalized spacial score (nSPS) is 16.5. The van der Waals surface area contributed by atoms with Gasteiger partial charge in [0.05, 0.1) is 17.7 Å². The summed E-state index contributed by atoms with van der Waals surface area (Å²) >= 11 is 12.4. The fourth-order valence-electron chi connectivity index (χ4n) is 4.28.